The molecule has 0 bridgehead atoms. The topological polar surface area (TPSA) is 122 Å². The molecule has 0 saturated heterocycles. The van der Waals surface area contributed by atoms with Crippen molar-refractivity contribution in [3.8, 4) is 0 Å². The minimum atomic E-state index is -3.87. The molecule has 0 aliphatic heterocycles. The van der Waals surface area contributed by atoms with E-state index >= 15 is 0 Å². The lowest BCUT2D eigenvalue weighted by atomic mass is 10.4. The summed E-state index contributed by atoms with van der Waals surface area (Å²) in [6.07, 6.45) is 0.729. The maximum atomic E-state index is 12.1. The summed E-state index contributed by atoms with van der Waals surface area (Å²) in [6.45, 7) is 3.31. The number of furan rings is 1. The van der Waals surface area contributed by atoms with E-state index in [0.717, 1.165) is 17.5 Å². The van der Waals surface area contributed by atoms with Crippen molar-refractivity contribution in [2.24, 2.45) is 0 Å². The first-order valence-electron chi connectivity index (χ1n) is 5.98. The molecule has 0 amide bonds. The highest BCUT2D eigenvalue weighted by atomic mass is 32.2. The Morgan fingerprint density at radius 3 is 2.62 bits per heavy atom. The summed E-state index contributed by atoms with van der Waals surface area (Å²) < 4.78 is 31.5. The summed E-state index contributed by atoms with van der Waals surface area (Å²) in [5.41, 5.74) is 0. The highest BCUT2D eigenvalue weighted by Gasteiger charge is 2.24. The maximum absolute atomic E-state index is 12.1. The largest absolute Gasteiger partial charge is 0.475 e. The number of nitrogens with zero attached hydrogens (tertiary/aromatic N) is 2. The van der Waals surface area contributed by atoms with Crippen molar-refractivity contribution in [3.05, 3.63) is 27.6 Å². The third-order valence-electron chi connectivity index (χ3n) is 2.60. The Bertz CT molecular complexity index is 763. The van der Waals surface area contributed by atoms with Gasteiger partial charge in [-0.2, -0.15) is 0 Å². The van der Waals surface area contributed by atoms with Crippen molar-refractivity contribution in [2.75, 3.05) is 0 Å². The highest BCUT2D eigenvalue weighted by molar-refractivity contribution is 7.89. The van der Waals surface area contributed by atoms with E-state index in [0.29, 0.717) is 5.01 Å². The monoisotopic (exact) mass is 331 g/mol. The van der Waals surface area contributed by atoms with E-state index in [9.17, 15) is 13.2 Å². The zero-order chi connectivity index (χ0) is 15.6. The highest BCUT2D eigenvalue weighted by Crippen LogP contribution is 2.20. The predicted molar refractivity (Wildman–Crippen MR) is 73.7 cm³/mol. The Morgan fingerprint density at radius 2 is 2.10 bits per heavy atom. The molecule has 8 nitrogen and oxygen atoms in total. The van der Waals surface area contributed by atoms with Gasteiger partial charge in [0.15, 0.2) is 0 Å². The summed E-state index contributed by atoms with van der Waals surface area (Å²) in [5.74, 6) is -1.72. The molecule has 0 saturated carbocycles. The van der Waals surface area contributed by atoms with Crippen LogP contribution in [0.5, 0.6) is 0 Å². The Kier molecular flexibility index (Phi) is 4.40. The second-order valence-corrected chi connectivity index (χ2v) is 6.99. The number of hydrogen-bond donors (Lipinski definition) is 2. The van der Waals surface area contributed by atoms with E-state index in [2.05, 4.69) is 14.9 Å². The first-order valence-corrected chi connectivity index (χ1v) is 8.28. The molecule has 0 aromatic carbocycles. The minimum absolute atomic E-state index is 0.00692. The van der Waals surface area contributed by atoms with Crippen LogP contribution in [0.1, 0.15) is 33.3 Å². The van der Waals surface area contributed by atoms with E-state index < -0.39 is 21.8 Å². The van der Waals surface area contributed by atoms with Gasteiger partial charge in [0.1, 0.15) is 20.7 Å². The van der Waals surface area contributed by atoms with Crippen LogP contribution in [0.25, 0.3) is 0 Å². The van der Waals surface area contributed by atoms with Gasteiger partial charge < -0.3 is 9.52 Å². The third kappa shape index (κ3) is 3.46. The van der Waals surface area contributed by atoms with Gasteiger partial charge in [-0.05, 0) is 13.3 Å². The van der Waals surface area contributed by atoms with Crippen LogP contribution in [0.3, 0.4) is 0 Å². The van der Waals surface area contributed by atoms with Crippen LogP contribution < -0.4 is 4.72 Å². The number of carboxylic acid groups (broad SMARTS) is 1. The molecule has 2 rings (SSSR count). The Labute approximate surface area is 124 Å². The van der Waals surface area contributed by atoms with Gasteiger partial charge in [-0.25, -0.2) is 17.9 Å². The average molecular weight is 331 g/mol. The molecule has 0 aliphatic rings. The normalized spacial score (nSPS) is 11.7. The molecule has 0 spiro atoms. The number of rotatable bonds is 6. The SMILES string of the molecule is CCc1nnc(CNS(=O)(=O)c2cc(C(=O)O)oc2C)s1. The van der Waals surface area contributed by atoms with Crippen LogP contribution in [-0.2, 0) is 23.0 Å². The van der Waals surface area contributed by atoms with E-state index in [1.807, 2.05) is 6.92 Å². The molecule has 0 aliphatic carbocycles. The first kappa shape index (κ1) is 15.6. The second kappa shape index (κ2) is 5.92. The van der Waals surface area contributed by atoms with Crippen molar-refractivity contribution in [1.29, 1.82) is 0 Å². The summed E-state index contributed by atoms with van der Waals surface area (Å²) >= 11 is 1.32. The number of nitrogens with one attached hydrogen (secondary N) is 1. The molecule has 0 atom stereocenters. The maximum Gasteiger partial charge on any atom is 0.371 e. The van der Waals surface area contributed by atoms with Gasteiger partial charge in [-0.3, -0.25) is 0 Å². The number of carbonyl (C=O) groups is 1. The van der Waals surface area contributed by atoms with Crippen LogP contribution in [0.2, 0.25) is 0 Å². The van der Waals surface area contributed by atoms with Gasteiger partial charge in [-0.15, -0.1) is 21.5 Å². The molecule has 2 N–H and O–H groups in total. The zero-order valence-electron chi connectivity index (χ0n) is 11.3. The van der Waals surface area contributed by atoms with Crippen molar-refractivity contribution in [3.63, 3.8) is 0 Å². The van der Waals surface area contributed by atoms with Crippen LogP contribution in [-0.4, -0.2) is 29.7 Å². The molecule has 114 valence electrons. The Morgan fingerprint density at radius 1 is 1.43 bits per heavy atom. The van der Waals surface area contributed by atoms with Crippen LogP contribution in [0.15, 0.2) is 15.4 Å². The van der Waals surface area contributed by atoms with E-state index in [1.165, 1.54) is 18.3 Å². The smallest absolute Gasteiger partial charge is 0.371 e. The van der Waals surface area contributed by atoms with Gasteiger partial charge in [0.25, 0.3) is 0 Å². The van der Waals surface area contributed by atoms with E-state index in [1.54, 1.807) is 0 Å². The predicted octanol–water partition coefficient (Wildman–Crippen LogP) is 1.18. The molecule has 0 unspecified atom stereocenters. The number of carboxylic acids is 1. The number of aromatic carboxylic acids is 1. The number of sulfonamides is 1. The van der Waals surface area contributed by atoms with Gasteiger partial charge in [-0.1, -0.05) is 6.92 Å². The van der Waals surface area contributed by atoms with Crippen molar-refractivity contribution < 1.29 is 22.7 Å². The molecule has 2 aromatic rings. The molecular weight excluding hydrogens is 318 g/mol. The van der Waals surface area contributed by atoms with E-state index in [4.69, 9.17) is 9.52 Å². The lowest BCUT2D eigenvalue weighted by Gasteiger charge is -2.02. The summed E-state index contributed by atoms with van der Waals surface area (Å²) in [5, 5.41) is 17.9. The summed E-state index contributed by atoms with van der Waals surface area (Å²) in [7, 11) is -3.87. The molecule has 21 heavy (non-hydrogen) atoms. The quantitative estimate of drug-likeness (QED) is 0.814. The third-order valence-corrected chi connectivity index (χ3v) is 5.17. The van der Waals surface area contributed by atoms with Crippen LogP contribution in [0, 0.1) is 6.92 Å². The number of hydrogen-bond acceptors (Lipinski definition) is 7. The second-order valence-electron chi connectivity index (χ2n) is 4.10. The van der Waals surface area contributed by atoms with Gasteiger partial charge in [0.2, 0.25) is 15.8 Å². The molecule has 2 aromatic heterocycles. The lowest BCUT2D eigenvalue weighted by Crippen LogP contribution is -2.23. The van der Waals surface area contributed by atoms with E-state index in [-0.39, 0.29) is 17.2 Å². The average Bonchev–Trinajstić information content (AvgIpc) is 3.03. The molecular formula is C11H13N3O5S2. The van der Waals surface area contributed by atoms with Crippen molar-refractivity contribution >= 4 is 27.3 Å². The van der Waals surface area contributed by atoms with Gasteiger partial charge in [0, 0.05) is 6.07 Å². The number of aromatic nitrogens is 2. The first-order chi connectivity index (χ1) is 9.83. The van der Waals surface area contributed by atoms with Crippen LogP contribution in [0.4, 0.5) is 0 Å². The fourth-order valence-corrected chi connectivity index (χ4v) is 3.55. The minimum Gasteiger partial charge on any atom is -0.475 e. The molecule has 0 radical (unpaired) electrons. The van der Waals surface area contributed by atoms with Crippen molar-refractivity contribution in [1.82, 2.24) is 14.9 Å². The van der Waals surface area contributed by atoms with Gasteiger partial charge >= 0.3 is 5.97 Å². The standard InChI is InChI=1S/C11H13N3O5S2/c1-3-9-13-14-10(20-9)5-12-21(17,18)8-4-7(11(15)16)19-6(8)2/h4,12H,3,5H2,1-2H3,(H,15,16). The molecule has 0 fully saturated rings. The van der Waals surface area contributed by atoms with Crippen LogP contribution >= 0.6 is 11.3 Å². The Hall–Kier alpha value is -1.78. The zero-order valence-corrected chi connectivity index (χ0v) is 12.9. The summed E-state index contributed by atoms with van der Waals surface area (Å²) in [4.78, 5) is 10.6. The van der Waals surface area contributed by atoms with Gasteiger partial charge in [0.05, 0.1) is 6.54 Å². The Balaban J connectivity index is 2.16. The fraction of sp³-hybridized carbons (Fsp3) is 0.364. The lowest BCUT2D eigenvalue weighted by molar-refractivity contribution is 0.0661. The molecule has 2 heterocycles. The molecule has 10 heteroatoms. The summed E-state index contributed by atoms with van der Waals surface area (Å²) in [6, 6.07) is 0.984. The fourth-order valence-electron chi connectivity index (χ4n) is 1.57. The van der Waals surface area contributed by atoms with Crippen molar-refractivity contribution in [2.45, 2.75) is 31.7 Å². The number of aryl methyl sites for hydroxylation is 2.